The maximum Gasteiger partial charge on any atom is 0.332 e. The SMILES string of the molecule is CCN(CCC#N)c1ccc(/C=N\NC(N)=O)c(C)c1. The number of anilines is 1. The first-order valence-electron chi connectivity index (χ1n) is 6.39. The van der Waals surface area contributed by atoms with Crippen LogP contribution in [0.4, 0.5) is 10.5 Å². The van der Waals surface area contributed by atoms with Gasteiger partial charge in [0.25, 0.3) is 0 Å². The van der Waals surface area contributed by atoms with Gasteiger partial charge in [0, 0.05) is 18.8 Å². The molecule has 106 valence electrons. The van der Waals surface area contributed by atoms with Crippen LogP contribution >= 0.6 is 0 Å². The number of urea groups is 1. The quantitative estimate of drug-likeness (QED) is 0.610. The van der Waals surface area contributed by atoms with Gasteiger partial charge in [0.15, 0.2) is 0 Å². The molecule has 20 heavy (non-hydrogen) atoms. The van der Waals surface area contributed by atoms with E-state index in [0.29, 0.717) is 13.0 Å². The van der Waals surface area contributed by atoms with Crippen molar-refractivity contribution in [3.8, 4) is 6.07 Å². The summed E-state index contributed by atoms with van der Waals surface area (Å²) in [6, 6.07) is 7.39. The van der Waals surface area contributed by atoms with Gasteiger partial charge in [0.1, 0.15) is 0 Å². The minimum Gasteiger partial charge on any atom is -0.371 e. The molecule has 0 atom stereocenters. The molecule has 0 aliphatic rings. The molecule has 0 unspecified atom stereocenters. The van der Waals surface area contributed by atoms with Crippen molar-refractivity contribution in [1.82, 2.24) is 5.43 Å². The van der Waals surface area contributed by atoms with E-state index >= 15 is 0 Å². The van der Waals surface area contributed by atoms with Crippen molar-refractivity contribution in [2.45, 2.75) is 20.3 Å². The van der Waals surface area contributed by atoms with E-state index in [9.17, 15) is 4.79 Å². The van der Waals surface area contributed by atoms with Crippen LogP contribution in [-0.2, 0) is 0 Å². The van der Waals surface area contributed by atoms with E-state index in [-0.39, 0.29) is 0 Å². The third-order valence-electron chi connectivity index (χ3n) is 2.87. The van der Waals surface area contributed by atoms with Crippen LogP contribution in [0.3, 0.4) is 0 Å². The minimum atomic E-state index is -0.691. The van der Waals surface area contributed by atoms with Crippen molar-refractivity contribution in [3.63, 3.8) is 0 Å². The Balaban J connectivity index is 2.83. The highest BCUT2D eigenvalue weighted by atomic mass is 16.2. The van der Waals surface area contributed by atoms with Gasteiger partial charge in [-0.25, -0.2) is 10.2 Å². The molecular weight excluding hydrogens is 254 g/mol. The van der Waals surface area contributed by atoms with Crippen LogP contribution in [0.5, 0.6) is 0 Å². The molecule has 0 aromatic heterocycles. The second-order valence-corrected chi connectivity index (χ2v) is 4.26. The van der Waals surface area contributed by atoms with Gasteiger partial charge in [-0.2, -0.15) is 10.4 Å². The normalized spacial score (nSPS) is 10.2. The van der Waals surface area contributed by atoms with Gasteiger partial charge >= 0.3 is 6.03 Å². The molecule has 6 nitrogen and oxygen atoms in total. The molecule has 3 N–H and O–H groups in total. The van der Waals surface area contributed by atoms with Gasteiger partial charge in [0.05, 0.1) is 18.7 Å². The number of aryl methyl sites for hydroxylation is 1. The van der Waals surface area contributed by atoms with Crippen molar-refractivity contribution in [3.05, 3.63) is 29.3 Å². The van der Waals surface area contributed by atoms with Crippen molar-refractivity contribution in [2.24, 2.45) is 10.8 Å². The van der Waals surface area contributed by atoms with Gasteiger partial charge in [-0.05, 0) is 37.1 Å². The Kier molecular flexibility index (Phi) is 6.04. The zero-order chi connectivity index (χ0) is 15.0. The van der Waals surface area contributed by atoms with E-state index in [1.807, 2.05) is 25.1 Å². The first kappa shape index (κ1) is 15.5. The molecule has 0 aliphatic heterocycles. The highest BCUT2D eigenvalue weighted by Gasteiger charge is 2.05. The van der Waals surface area contributed by atoms with Crippen LogP contribution in [0, 0.1) is 18.3 Å². The number of nitrogens with two attached hydrogens (primary N) is 1. The Morgan fingerprint density at radius 1 is 1.60 bits per heavy atom. The summed E-state index contributed by atoms with van der Waals surface area (Å²) in [5.41, 5.74) is 10.1. The van der Waals surface area contributed by atoms with E-state index in [1.54, 1.807) is 6.21 Å². The predicted octanol–water partition coefficient (Wildman–Crippen LogP) is 1.74. The molecule has 6 heteroatoms. The van der Waals surface area contributed by atoms with Crippen LogP contribution in [0.2, 0.25) is 0 Å². The second-order valence-electron chi connectivity index (χ2n) is 4.26. The lowest BCUT2D eigenvalue weighted by atomic mass is 10.1. The Morgan fingerprint density at radius 2 is 2.35 bits per heavy atom. The molecule has 1 aromatic carbocycles. The first-order valence-corrected chi connectivity index (χ1v) is 6.39. The number of amides is 2. The molecule has 0 heterocycles. The summed E-state index contributed by atoms with van der Waals surface area (Å²) in [6.07, 6.45) is 2.05. The monoisotopic (exact) mass is 273 g/mol. The molecule has 0 saturated heterocycles. The average Bonchev–Trinajstić information content (AvgIpc) is 2.41. The summed E-state index contributed by atoms with van der Waals surface area (Å²) >= 11 is 0. The highest BCUT2D eigenvalue weighted by Crippen LogP contribution is 2.18. The average molecular weight is 273 g/mol. The van der Waals surface area contributed by atoms with Crippen LogP contribution in [0.25, 0.3) is 0 Å². The topological polar surface area (TPSA) is 94.5 Å². The van der Waals surface area contributed by atoms with Gasteiger partial charge in [0.2, 0.25) is 0 Å². The standard InChI is InChI=1S/C14H19N5O/c1-3-19(8-4-7-15)13-6-5-12(11(2)9-13)10-17-18-14(16)20/h5-6,9-10H,3-4,8H2,1-2H3,(H3,16,18,20)/b17-10-. The molecule has 0 aliphatic carbocycles. The predicted molar refractivity (Wildman–Crippen MR) is 79.6 cm³/mol. The van der Waals surface area contributed by atoms with E-state index in [1.165, 1.54) is 0 Å². The number of nitrogens with zero attached hydrogens (tertiary/aromatic N) is 3. The van der Waals surface area contributed by atoms with Crippen LogP contribution in [-0.4, -0.2) is 25.3 Å². The molecular formula is C14H19N5O. The number of hydrogen-bond donors (Lipinski definition) is 2. The van der Waals surface area contributed by atoms with Crippen molar-refractivity contribution in [1.29, 1.82) is 5.26 Å². The second kappa shape index (κ2) is 7.79. The molecule has 0 spiro atoms. The third-order valence-corrected chi connectivity index (χ3v) is 2.87. The molecule has 2 amide bonds. The van der Waals surface area contributed by atoms with Gasteiger partial charge in [-0.1, -0.05) is 6.07 Å². The summed E-state index contributed by atoms with van der Waals surface area (Å²) in [7, 11) is 0. The summed E-state index contributed by atoms with van der Waals surface area (Å²) in [4.78, 5) is 12.7. The lowest BCUT2D eigenvalue weighted by Gasteiger charge is -2.22. The van der Waals surface area contributed by atoms with E-state index in [4.69, 9.17) is 11.0 Å². The lowest BCUT2D eigenvalue weighted by Crippen LogP contribution is -2.24. The number of carbonyl (C=O) groups excluding carboxylic acids is 1. The van der Waals surface area contributed by atoms with Gasteiger partial charge in [-0.15, -0.1) is 0 Å². The fourth-order valence-electron chi connectivity index (χ4n) is 1.82. The largest absolute Gasteiger partial charge is 0.371 e. The number of nitrogens with one attached hydrogen (secondary N) is 1. The van der Waals surface area contributed by atoms with Gasteiger partial charge < -0.3 is 10.6 Å². The molecule has 1 rings (SSSR count). The Hall–Kier alpha value is -2.55. The van der Waals surface area contributed by atoms with Crippen molar-refractivity contribution in [2.75, 3.05) is 18.0 Å². The highest BCUT2D eigenvalue weighted by molar-refractivity contribution is 5.84. The minimum absolute atomic E-state index is 0.499. The number of carbonyl (C=O) groups is 1. The lowest BCUT2D eigenvalue weighted by molar-refractivity contribution is 0.249. The maximum absolute atomic E-state index is 10.5. The van der Waals surface area contributed by atoms with E-state index < -0.39 is 6.03 Å². The Labute approximate surface area is 118 Å². The van der Waals surface area contributed by atoms with E-state index in [2.05, 4.69) is 28.4 Å². The zero-order valence-electron chi connectivity index (χ0n) is 11.8. The summed E-state index contributed by atoms with van der Waals surface area (Å²) < 4.78 is 0. The van der Waals surface area contributed by atoms with Crippen molar-refractivity contribution >= 4 is 17.9 Å². The van der Waals surface area contributed by atoms with Gasteiger partial charge in [-0.3, -0.25) is 0 Å². The van der Waals surface area contributed by atoms with E-state index in [0.717, 1.165) is 23.4 Å². The summed E-state index contributed by atoms with van der Waals surface area (Å²) in [6.45, 7) is 5.58. The molecule has 0 fully saturated rings. The number of hydrogen-bond acceptors (Lipinski definition) is 4. The van der Waals surface area contributed by atoms with Crippen LogP contribution in [0.15, 0.2) is 23.3 Å². The first-order chi connectivity index (χ1) is 9.58. The third kappa shape index (κ3) is 4.61. The summed E-state index contributed by atoms with van der Waals surface area (Å²) in [5, 5.41) is 12.4. The van der Waals surface area contributed by atoms with Crippen LogP contribution < -0.4 is 16.1 Å². The van der Waals surface area contributed by atoms with Crippen molar-refractivity contribution < 1.29 is 4.79 Å². The zero-order valence-corrected chi connectivity index (χ0v) is 11.8. The number of primary amides is 1. The fourth-order valence-corrected chi connectivity index (χ4v) is 1.82. The molecule has 1 aromatic rings. The number of nitriles is 1. The summed E-state index contributed by atoms with van der Waals surface area (Å²) in [5.74, 6) is 0. The Bertz CT molecular complexity index is 533. The molecule has 0 bridgehead atoms. The number of benzene rings is 1. The maximum atomic E-state index is 10.5. The Morgan fingerprint density at radius 3 is 2.90 bits per heavy atom. The fraction of sp³-hybridized carbons (Fsp3) is 0.357. The van der Waals surface area contributed by atoms with Crippen LogP contribution in [0.1, 0.15) is 24.5 Å². The molecule has 0 saturated carbocycles. The number of hydrazone groups is 1. The smallest absolute Gasteiger partial charge is 0.332 e. The number of rotatable bonds is 6. The molecule has 0 radical (unpaired) electrons.